The summed E-state index contributed by atoms with van der Waals surface area (Å²) in [4.78, 5) is 2.19. The summed E-state index contributed by atoms with van der Waals surface area (Å²) in [7, 11) is 3.95. The zero-order chi connectivity index (χ0) is 10.7. The van der Waals surface area contributed by atoms with Gasteiger partial charge in [-0.1, -0.05) is 37.8 Å². The Morgan fingerprint density at radius 3 is 2.43 bits per heavy atom. The Bertz CT molecular complexity index is 377. The summed E-state index contributed by atoms with van der Waals surface area (Å²) in [6, 6.07) is 0. The Kier molecular flexibility index (Phi) is 4.01. The van der Waals surface area contributed by atoms with Gasteiger partial charge in [0.05, 0.1) is 20.4 Å². The lowest BCUT2D eigenvalue weighted by Crippen LogP contribution is -2.21. The molecule has 1 aromatic carbocycles. The third-order valence-corrected chi connectivity index (χ3v) is 3.30. The van der Waals surface area contributed by atoms with Gasteiger partial charge in [0.2, 0.25) is 0 Å². The van der Waals surface area contributed by atoms with Crippen molar-refractivity contribution in [1.82, 2.24) is 0 Å². The van der Waals surface area contributed by atoms with Crippen molar-refractivity contribution in [1.29, 1.82) is 0 Å². The maximum atomic E-state index is 5.22. The topological polar surface area (TPSA) is 15.3 Å². The summed E-state index contributed by atoms with van der Waals surface area (Å²) in [6.07, 6.45) is 2.39. The van der Waals surface area contributed by atoms with Crippen LogP contribution in [-0.4, -0.2) is 20.6 Å². The molecule has 0 atom stereocenters. The van der Waals surface area contributed by atoms with Gasteiger partial charge in [-0.15, -0.1) is 0 Å². The van der Waals surface area contributed by atoms with E-state index in [-0.39, 0.29) is 0 Å². The first kappa shape index (κ1) is 11.6. The van der Waals surface area contributed by atoms with Crippen LogP contribution in [-0.2, 0) is 0 Å². The largest absolute Gasteiger partial charge is 0.385 e. The van der Waals surface area contributed by atoms with Crippen LogP contribution in [0.25, 0.3) is 0 Å². The van der Waals surface area contributed by atoms with E-state index < -0.39 is 0 Å². The monoisotopic (exact) mass is 228 g/mol. The van der Waals surface area contributed by atoms with E-state index in [1.807, 2.05) is 7.05 Å². The molecule has 14 heavy (non-hydrogen) atoms. The van der Waals surface area contributed by atoms with Crippen LogP contribution in [0, 0.1) is 9.02 Å². The van der Waals surface area contributed by atoms with Gasteiger partial charge in [0.15, 0.2) is 0 Å². The van der Waals surface area contributed by atoms with Gasteiger partial charge in [0.1, 0.15) is 0 Å². The maximum Gasteiger partial charge on any atom is 0.0834 e. The Morgan fingerprint density at radius 2 is 1.93 bits per heavy atom. The highest BCUT2D eigenvalue weighted by atomic mass is 32.1. The van der Waals surface area contributed by atoms with Crippen molar-refractivity contribution in [3.8, 4) is 0 Å². The van der Waals surface area contributed by atoms with Crippen molar-refractivity contribution in [3.05, 3.63) is 9.02 Å². The summed E-state index contributed by atoms with van der Waals surface area (Å²) < 4.78 is 1.64. The Labute approximate surface area is 95.6 Å². The molecule has 1 N–H and O–H groups in total. The second-order valence-corrected chi connectivity index (χ2v) is 4.22. The van der Waals surface area contributed by atoms with Crippen molar-refractivity contribution in [2.24, 2.45) is 0 Å². The van der Waals surface area contributed by atoms with Gasteiger partial charge in [-0.25, -0.2) is 0 Å². The van der Waals surface area contributed by atoms with Gasteiger partial charge < -0.3 is 10.2 Å². The number of unbranched alkanes of at least 4 members (excludes halogenated alkanes) is 1. The average molecular weight is 228 g/mol. The van der Waals surface area contributed by atoms with Gasteiger partial charge in [-0.3, -0.25) is 0 Å². The van der Waals surface area contributed by atoms with Crippen LogP contribution in [0.4, 0.5) is 11.4 Å². The summed E-state index contributed by atoms with van der Waals surface area (Å²) in [5.41, 5.74) is 2.14. The third-order valence-electron chi connectivity index (χ3n) is 2.36. The third kappa shape index (κ3) is 1.96. The molecule has 1 rings (SSSR count). The molecule has 2 nitrogen and oxygen atoms in total. The molecule has 0 aliphatic rings. The molecule has 0 aromatic heterocycles. The first-order valence-electron chi connectivity index (χ1n) is 4.85. The number of anilines is 2. The van der Waals surface area contributed by atoms with Gasteiger partial charge in [0.25, 0.3) is 0 Å². The normalized spacial score (nSPS) is 10.5. The van der Waals surface area contributed by atoms with Crippen molar-refractivity contribution in [2.45, 2.75) is 19.8 Å². The molecule has 78 valence electrons. The summed E-state index contributed by atoms with van der Waals surface area (Å²) >= 11 is 10.4. The minimum absolute atomic E-state index is 0.806. The first-order chi connectivity index (χ1) is 6.63. The molecule has 0 saturated carbocycles. The van der Waals surface area contributed by atoms with Crippen molar-refractivity contribution in [3.63, 3.8) is 0 Å². The highest BCUT2D eigenvalue weighted by molar-refractivity contribution is 7.74. The highest BCUT2D eigenvalue weighted by Crippen LogP contribution is 2.34. The van der Waals surface area contributed by atoms with Crippen LogP contribution in [0.1, 0.15) is 19.8 Å². The SMILES string of the molecule is CCCCN(C)c1c(NC)c(=S)c1=S. The van der Waals surface area contributed by atoms with Crippen LogP contribution in [0.2, 0.25) is 0 Å². The highest BCUT2D eigenvalue weighted by Gasteiger charge is 2.16. The molecule has 0 amide bonds. The van der Waals surface area contributed by atoms with E-state index in [0.29, 0.717) is 0 Å². The van der Waals surface area contributed by atoms with Gasteiger partial charge in [-0.05, 0) is 6.42 Å². The minimum Gasteiger partial charge on any atom is -0.385 e. The van der Waals surface area contributed by atoms with Crippen molar-refractivity contribution in [2.75, 3.05) is 30.9 Å². The van der Waals surface area contributed by atoms with Crippen LogP contribution < -0.4 is 10.2 Å². The van der Waals surface area contributed by atoms with Crippen LogP contribution in [0.15, 0.2) is 0 Å². The van der Waals surface area contributed by atoms with Crippen LogP contribution >= 0.6 is 24.4 Å². The zero-order valence-electron chi connectivity index (χ0n) is 8.89. The average Bonchev–Trinajstić information content (AvgIpc) is 2.20. The molecule has 0 unspecified atom stereocenters. The molecule has 0 aliphatic heterocycles. The van der Waals surface area contributed by atoms with Crippen molar-refractivity contribution >= 4 is 35.8 Å². The van der Waals surface area contributed by atoms with Gasteiger partial charge >= 0.3 is 0 Å². The molecule has 0 saturated heterocycles. The molecule has 0 fully saturated rings. The summed E-state index contributed by atoms with van der Waals surface area (Å²) in [6.45, 7) is 3.23. The zero-order valence-corrected chi connectivity index (χ0v) is 10.5. The predicted octanol–water partition coefficient (Wildman–Crippen LogP) is 3.30. The molecule has 0 radical (unpaired) electrons. The van der Waals surface area contributed by atoms with Crippen LogP contribution in [0.5, 0.6) is 0 Å². The lowest BCUT2D eigenvalue weighted by molar-refractivity contribution is 0.765. The summed E-state index contributed by atoms with van der Waals surface area (Å²) in [5.74, 6) is 0. The molecular formula is C10H16N2S2. The quantitative estimate of drug-likeness (QED) is 0.777. The molecule has 0 bridgehead atoms. The van der Waals surface area contributed by atoms with Crippen LogP contribution in [0.3, 0.4) is 0 Å². The van der Waals surface area contributed by atoms with E-state index in [1.54, 1.807) is 0 Å². The molecule has 1 aromatic rings. The fourth-order valence-corrected chi connectivity index (χ4v) is 2.14. The van der Waals surface area contributed by atoms with Crippen molar-refractivity contribution < 1.29 is 0 Å². The lowest BCUT2D eigenvalue weighted by atomic mass is 10.2. The smallest absolute Gasteiger partial charge is 0.0834 e. The van der Waals surface area contributed by atoms with E-state index in [0.717, 1.165) is 26.9 Å². The number of hydrogen-bond acceptors (Lipinski definition) is 4. The fraction of sp³-hybridized carbons (Fsp3) is 0.600. The number of nitrogens with one attached hydrogen (secondary N) is 1. The standard InChI is InChI=1S/C10H16N2S2/c1-4-5-6-12(3)8-7(11-2)9(13)10(8)14/h11H,4-6H2,1-3H3. The molecule has 4 heteroatoms. The molecule has 0 aliphatic carbocycles. The van der Waals surface area contributed by atoms with E-state index in [9.17, 15) is 0 Å². The summed E-state index contributed by atoms with van der Waals surface area (Å²) in [5, 5.41) is 3.10. The first-order valence-corrected chi connectivity index (χ1v) is 5.67. The molecular weight excluding hydrogens is 212 g/mol. The van der Waals surface area contributed by atoms with Gasteiger partial charge in [-0.2, -0.15) is 0 Å². The lowest BCUT2D eigenvalue weighted by Gasteiger charge is -2.25. The Balaban J connectivity index is 2.80. The maximum absolute atomic E-state index is 5.22. The van der Waals surface area contributed by atoms with Gasteiger partial charge in [0, 0.05) is 20.6 Å². The molecule has 0 spiro atoms. The number of nitrogens with zero attached hydrogens (tertiary/aromatic N) is 1. The number of hydrogen-bond donors (Lipinski definition) is 1. The number of rotatable bonds is 5. The second kappa shape index (κ2) is 4.84. The second-order valence-electron chi connectivity index (χ2n) is 3.41. The Hall–Kier alpha value is -0.480. The van der Waals surface area contributed by atoms with E-state index >= 15 is 0 Å². The van der Waals surface area contributed by atoms with E-state index in [4.69, 9.17) is 24.4 Å². The molecule has 0 heterocycles. The van der Waals surface area contributed by atoms with E-state index in [2.05, 4.69) is 24.2 Å². The predicted molar refractivity (Wildman–Crippen MR) is 68.2 cm³/mol. The van der Waals surface area contributed by atoms with E-state index in [1.165, 1.54) is 12.8 Å². The minimum atomic E-state index is 0.806. The Morgan fingerprint density at radius 1 is 1.29 bits per heavy atom. The fourth-order valence-electron chi connectivity index (χ4n) is 1.48.